The zero-order valence-corrected chi connectivity index (χ0v) is 20.1. The summed E-state index contributed by atoms with van der Waals surface area (Å²) in [6.45, 7) is 4.14. The van der Waals surface area contributed by atoms with Gasteiger partial charge in [0.05, 0.1) is 18.2 Å². The van der Waals surface area contributed by atoms with Crippen molar-refractivity contribution in [2.45, 2.75) is 44.8 Å². The van der Waals surface area contributed by atoms with Crippen LogP contribution in [0.4, 0.5) is 5.69 Å². The quantitative estimate of drug-likeness (QED) is 0.135. The fourth-order valence-corrected chi connectivity index (χ4v) is 5.32. The minimum absolute atomic E-state index is 0.0610. The lowest BCUT2D eigenvalue weighted by molar-refractivity contribution is 0.0526. The predicted octanol–water partition coefficient (Wildman–Crippen LogP) is 5.19. The molecule has 178 valence electrons. The first kappa shape index (κ1) is 23.9. The van der Waals surface area contributed by atoms with Crippen LogP contribution in [-0.2, 0) is 11.3 Å². The number of anilines is 1. The van der Waals surface area contributed by atoms with Gasteiger partial charge in [0.15, 0.2) is 5.11 Å². The molecule has 1 fully saturated rings. The normalized spacial score (nSPS) is 20.4. The number of carbonyl (C=O) groups is 1. The average Bonchev–Trinajstić information content (AvgIpc) is 3.31. The summed E-state index contributed by atoms with van der Waals surface area (Å²) in [7, 11) is 0. The fraction of sp³-hybridized carbons (Fsp3) is 0.440. The number of rotatable bonds is 8. The van der Waals surface area contributed by atoms with E-state index in [2.05, 4.69) is 37.7 Å². The summed E-state index contributed by atoms with van der Waals surface area (Å²) < 4.78 is 5.24. The maximum Gasteiger partial charge on any atom is 0.338 e. The van der Waals surface area contributed by atoms with Gasteiger partial charge in [-0.1, -0.05) is 35.4 Å². The summed E-state index contributed by atoms with van der Waals surface area (Å²) in [5.74, 6) is 0.0140. The number of hydrogen-bond donors (Lipinski definition) is 2. The van der Waals surface area contributed by atoms with Crippen molar-refractivity contribution in [2.24, 2.45) is 11.0 Å². The van der Waals surface area contributed by atoms with Gasteiger partial charge in [0.25, 0.3) is 0 Å². The second-order valence-corrected chi connectivity index (χ2v) is 8.99. The van der Waals surface area contributed by atoms with Crippen molar-refractivity contribution < 1.29 is 9.53 Å². The van der Waals surface area contributed by atoms with Crippen molar-refractivity contribution in [1.29, 1.82) is 0 Å². The first-order valence-corrected chi connectivity index (χ1v) is 12.2. The van der Waals surface area contributed by atoms with Gasteiger partial charge in [0.1, 0.15) is 0 Å². The highest BCUT2D eigenvalue weighted by molar-refractivity contribution is 7.80. The third kappa shape index (κ3) is 5.26. The topological polar surface area (TPSA) is 102 Å². The van der Waals surface area contributed by atoms with Crippen LogP contribution < -0.4 is 10.6 Å². The van der Waals surface area contributed by atoms with Gasteiger partial charge < -0.3 is 20.3 Å². The fourth-order valence-electron chi connectivity index (χ4n) is 5.04. The number of esters is 1. The molecule has 2 aromatic rings. The van der Waals surface area contributed by atoms with Crippen LogP contribution in [-0.4, -0.2) is 41.7 Å². The third-order valence-corrected chi connectivity index (χ3v) is 6.95. The van der Waals surface area contributed by atoms with Gasteiger partial charge in [-0.05, 0) is 73.3 Å². The Kier molecular flexibility index (Phi) is 7.87. The van der Waals surface area contributed by atoms with Crippen LogP contribution in [0.15, 0.2) is 53.6 Å². The number of nitrogens with one attached hydrogen (secondary N) is 2. The molecule has 0 amide bonds. The van der Waals surface area contributed by atoms with E-state index in [1.54, 1.807) is 0 Å². The number of benzene rings is 2. The number of hydrogen-bond acceptors (Lipinski definition) is 5. The van der Waals surface area contributed by atoms with Crippen LogP contribution in [0.2, 0.25) is 0 Å². The largest absolute Gasteiger partial charge is 0.462 e. The first-order valence-electron chi connectivity index (χ1n) is 11.8. The second kappa shape index (κ2) is 11.2. The summed E-state index contributed by atoms with van der Waals surface area (Å²) in [6.07, 6.45) is 2.70. The Bertz CT molecular complexity index is 1070. The maximum absolute atomic E-state index is 12.4. The van der Waals surface area contributed by atoms with Gasteiger partial charge in [-0.3, -0.25) is 0 Å². The van der Waals surface area contributed by atoms with E-state index in [4.69, 9.17) is 22.5 Å². The molecule has 2 aromatic carbocycles. The SMILES string of the molecule is CCOC(=O)c1ccc2c(c1)[C@@H]1[C@@H](CCN1C(=S)NCc1ccccc1)[C@@H](CCCN=[N+]=[N-])N2. The van der Waals surface area contributed by atoms with E-state index in [1.807, 2.05) is 43.3 Å². The second-order valence-electron chi connectivity index (χ2n) is 8.61. The number of azide groups is 1. The molecule has 3 atom stereocenters. The van der Waals surface area contributed by atoms with E-state index in [0.29, 0.717) is 31.2 Å². The number of likely N-dealkylation sites (tertiary alicyclic amines) is 1. The Morgan fingerprint density at radius 1 is 1.32 bits per heavy atom. The van der Waals surface area contributed by atoms with Gasteiger partial charge in [-0.15, -0.1) is 0 Å². The zero-order valence-electron chi connectivity index (χ0n) is 19.3. The van der Waals surface area contributed by atoms with Crippen molar-refractivity contribution in [1.82, 2.24) is 10.2 Å². The van der Waals surface area contributed by atoms with Gasteiger partial charge >= 0.3 is 5.97 Å². The van der Waals surface area contributed by atoms with Crippen LogP contribution in [0.5, 0.6) is 0 Å². The molecule has 0 saturated carbocycles. The Labute approximate surface area is 205 Å². The highest BCUT2D eigenvalue weighted by Crippen LogP contribution is 2.47. The first-order chi connectivity index (χ1) is 16.6. The summed E-state index contributed by atoms with van der Waals surface area (Å²) in [4.78, 5) is 17.6. The van der Waals surface area contributed by atoms with Gasteiger partial charge in [-0.2, -0.15) is 0 Å². The highest BCUT2D eigenvalue weighted by Gasteiger charge is 2.44. The molecule has 4 rings (SSSR count). The number of carbonyl (C=O) groups excluding carboxylic acids is 1. The van der Waals surface area contributed by atoms with Gasteiger partial charge in [0.2, 0.25) is 0 Å². The molecule has 9 heteroatoms. The molecule has 8 nitrogen and oxygen atoms in total. The van der Waals surface area contributed by atoms with Crippen LogP contribution in [0.1, 0.15) is 53.7 Å². The van der Waals surface area contributed by atoms with Crippen molar-refractivity contribution in [3.63, 3.8) is 0 Å². The number of ether oxygens (including phenoxy) is 1. The standard InChI is InChI=1S/C25H30N6O2S/c1-2-33-24(32)18-10-11-22-20(15-18)23-19(21(29-22)9-6-13-28-30-26)12-14-31(23)25(34)27-16-17-7-4-3-5-8-17/h3-5,7-8,10-11,15,19,21,23,29H,2,6,9,12-14,16H2,1H3,(H,27,34)/t19-,21+,23-/m0/s1. The molecule has 1 saturated heterocycles. The molecule has 0 bridgehead atoms. The zero-order chi connectivity index (χ0) is 23.9. The van der Waals surface area contributed by atoms with Crippen LogP contribution in [0.3, 0.4) is 0 Å². The van der Waals surface area contributed by atoms with E-state index < -0.39 is 0 Å². The van der Waals surface area contributed by atoms with Crippen molar-refractivity contribution in [2.75, 3.05) is 25.0 Å². The molecule has 34 heavy (non-hydrogen) atoms. The average molecular weight is 479 g/mol. The number of fused-ring (bicyclic) bond motifs is 3. The molecule has 0 spiro atoms. The lowest BCUT2D eigenvalue weighted by atomic mass is 9.80. The molecular weight excluding hydrogens is 448 g/mol. The molecule has 0 unspecified atom stereocenters. The molecule has 2 aliphatic heterocycles. The number of thiocarbonyl (C=S) groups is 1. The summed E-state index contributed by atoms with van der Waals surface area (Å²) in [5.41, 5.74) is 12.4. The van der Waals surface area contributed by atoms with Gasteiger partial charge in [0, 0.05) is 42.2 Å². The van der Waals surface area contributed by atoms with Crippen molar-refractivity contribution in [3.05, 3.63) is 75.7 Å². The molecule has 2 heterocycles. The molecule has 2 N–H and O–H groups in total. The molecule has 0 aromatic heterocycles. The lowest BCUT2D eigenvalue weighted by Gasteiger charge is -2.41. The predicted molar refractivity (Wildman–Crippen MR) is 136 cm³/mol. The monoisotopic (exact) mass is 478 g/mol. The molecular formula is C25H30N6O2S. The third-order valence-electron chi connectivity index (χ3n) is 6.57. The smallest absolute Gasteiger partial charge is 0.338 e. The van der Waals surface area contributed by atoms with Gasteiger partial charge in [-0.25, -0.2) is 4.79 Å². The summed E-state index contributed by atoms with van der Waals surface area (Å²) in [6, 6.07) is 16.2. The van der Waals surface area contributed by atoms with E-state index in [9.17, 15) is 4.79 Å². The van der Waals surface area contributed by atoms with Crippen LogP contribution in [0.25, 0.3) is 10.4 Å². The van der Waals surface area contributed by atoms with Crippen molar-refractivity contribution >= 4 is 29.0 Å². The Hall–Kier alpha value is -3.29. The number of nitrogens with zero attached hydrogens (tertiary/aromatic N) is 4. The van der Waals surface area contributed by atoms with E-state index in [0.717, 1.165) is 42.2 Å². The summed E-state index contributed by atoms with van der Waals surface area (Å²) >= 11 is 5.84. The van der Waals surface area contributed by atoms with E-state index in [-0.39, 0.29) is 18.1 Å². The highest BCUT2D eigenvalue weighted by atomic mass is 32.1. The molecule has 0 radical (unpaired) electrons. The van der Waals surface area contributed by atoms with E-state index >= 15 is 0 Å². The lowest BCUT2D eigenvalue weighted by Crippen LogP contribution is -2.44. The Morgan fingerprint density at radius 3 is 2.91 bits per heavy atom. The van der Waals surface area contributed by atoms with Crippen LogP contribution >= 0.6 is 12.2 Å². The minimum Gasteiger partial charge on any atom is -0.462 e. The summed E-state index contributed by atoms with van der Waals surface area (Å²) in [5, 5.41) is 11.5. The minimum atomic E-state index is -0.312. The Balaban J connectivity index is 1.58. The molecule has 2 aliphatic rings. The maximum atomic E-state index is 12.4. The molecule has 0 aliphatic carbocycles. The van der Waals surface area contributed by atoms with Crippen molar-refractivity contribution in [3.8, 4) is 0 Å². The Morgan fingerprint density at radius 2 is 2.15 bits per heavy atom. The van der Waals surface area contributed by atoms with Crippen LogP contribution in [0, 0.1) is 5.92 Å². The van der Waals surface area contributed by atoms with E-state index in [1.165, 1.54) is 5.56 Å².